The van der Waals surface area contributed by atoms with E-state index in [9.17, 15) is 9.59 Å². The van der Waals surface area contributed by atoms with Crippen LogP contribution >= 0.6 is 0 Å². The van der Waals surface area contributed by atoms with Crippen molar-refractivity contribution in [1.29, 1.82) is 0 Å². The first-order valence-electron chi connectivity index (χ1n) is 17.8. The third kappa shape index (κ3) is 11.7. The van der Waals surface area contributed by atoms with Crippen LogP contribution in [0.5, 0.6) is 0 Å². The molecule has 1 radical (unpaired) electrons. The smallest absolute Gasteiger partial charge is 0.328 e. The first-order chi connectivity index (χ1) is 22.5. The van der Waals surface area contributed by atoms with E-state index in [2.05, 4.69) is 110 Å². The van der Waals surface area contributed by atoms with Gasteiger partial charge in [-0.1, -0.05) is 117 Å². The van der Waals surface area contributed by atoms with Gasteiger partial charge in [-0.15, -0.1) is 13.8 Å². The van der Waals surface area contributed by atoms with E-state index >= 15 is 0 Å². The van der Waals surface area contributed by atoms with Crippen molar-refractivity contribution in [2.75, 3.05) is 0 Å². The number of aliphatic carboxylic acids is 2. The van der Waals surface area contributed by atoms with Crippen LogP contribution in [0.2, 0.25) is 0 Å². The Morgan fingerprint density at radius 2 is 1.24 bits per heavy atom. The molecule has 0 aliphatic heterocycles. The van der Waals surface area contributed by atoms with Crippen LogP contribution < -0.4 is 0 Å². The quantitative estimate of drug-likeness (QED) is 0.174. The molecule has 1 saturated carbocycles. The fourth-order valence-corrected chi connectivity index (χ4v) is 7.75. The molecule has 51 heavy (non-hydrogen) atoms. The van der Waals surface area contributed by atoms with Gasteiger partial charge in [0.2, 0.25) is 0 Å². The summed E-state index contributed by atoms with van der Waals surface area (Å²) in [7, 11) is 0. The Hall–Kier alpha value is -2.56. The molecule has 5 heteroatoms. The van der Waals surface area contributed by atoms with Crippen LogP contribution in [0.25, 0.3) is 0 Å². The third-order valence-corrected chi connectivity index (χ3v) is 11.2. The first kappa shape index (κ1) is 46.5. The molecule has 2 unspecified atom stereocenters. The third-order valence-electron chi connectivity index (χ3n) is 11.2. The van der Waals surface area contributed by atoms with E-state index in [1.54, 1.807) is 31.9 Å². The minimum Gasteiger partial charge on any atom is -0.479 e. The Morgan fingerprint density at radius 1 is 0.745 bits per heavy atom. The summed E-state index contributed by atoms with van der Waals surface area (Å²) in [6.45, 7) is 27.7. The second kappa shape index (κ2) is 18.0. The molecule has 0 saturated heterocycles. The Kier molecular flexibility index (Phi) is 16.4. The van der Waals surface area contributed by atoms with Crippen molar-refractivity contribution in [1.82, 2.24) is 0 Å². The molecule has 2 aromatic rings. The van der Waals surface area contributed by atoms with Crippen LogP contribution in [0.3, 0.4) is 0 Å². The second-order valence-corrected chi connectivity index (χ2v) is 17.1. The Morgan fingerprint density at radius 3 is 1.71 bits per heavy atom. The number of carboxylic acid groups (broad SMARTS) is 2. The number of carboxylic acids is 2. The summed E-state index contributed by atoms with van der Waals surface area (Å²) >= 11 is 0. The topological polar surface area (TPSA) is 74.6 Å². The summed E-state index contributed by atoms with van der Waals surface area (Å²) in [6.07, 6.45) is 13.2. The van der Waals surface area contributed by atoms with Crippen molar-refractivity contribution in [2.24, 2.45) is 5.92 Å². The molecule has 1 fully saturated rings. The van der Waals surface area contributed by atoms with Crippen LogP contribution in [-0.2, 0) is 64.0 Å². The monoisotopic (exact) mass is 769 g/mol. The fourth-order valence-electron chi connectivity index (χ4n) is 7.75. The number of allylic oxidation sites excluding steroid dienone is 6. The van der Waals surface area contributed by atoms with Crippen molar-refractivity contribution in [3.8, 4) is 0 Å². The summed E-state index contributed by atoms with van der Waals surface area (Å²) in [5.74, 6) is -0.624. The molecule has 0 amide bonds. The summed E-state index contributed by atoms with van der Waals surface area (Å²) in [5, 5.41) is 17.4. The molecule has 2 aromatic carbocycles. The van der Waals surface area contributed by atoms with Crippen molar-refractivity contribution in [3.63, 3.8) is 0 Å². The van der Waals surface area contributed by atoms with Crippen LogP contribution in [0.4, 0.5) is 0 Å². The second-order valence-electron chi connectivity index (χ2n) is 17.1. The first-order valence-corrected chi connectivity index (χ1v) is 17.8. The molecule has 5 rings (SSSR count). The van der Waals surface area contributed by atoms with Gasteiger partial charge in [0, 0.05) is 38.8 Å². The van der Waals surface area contributed by atoms with Crippen molar-refractivity contribution >= 4 is 11.9 Å². The van der Waals surface area contributed by atoms with Gasteiger partial charge in [-0.05, 0) is 112 Å². The number of hydrogen-bond donors (Lipinski definition) is 2. The van der Waals surface area contributed by atoms with E-state index in [0.29, 0.717) is 28.2 Å². The average molecular weight is 770 g/mol. The largest absolute Gasteiger partial charge is 0.479 e. The van der Waals surface area contributed by atoms with Crippen LogP contribution in [0.15, 0.2) is 83.0 Å². The normalized spacial score (nSPS) is 22.2. The van der Waals surface area contributed by atoms with Crippen molar-refractivity contribution in [2.45, 2.75) is 143 Å². The average Bonchev–Trinajstić information content (AvgIpc) is 3.77. The number of benzene rings is 2. The van der Waals surface area contributed by atoms with Gasteiger partial charge in [-0.3, -0.25) is 6.08 Å². The SMILES string of the molecule is CC(/C=C/C1CC1c1ccc2c(c1)C(C)(C)CCC2(C)C)=C\C(=O)O.CC1(C)CC(C)(C)c2ccccc21.C[C-]=C(C)/C(C)=C(\C)C(=O)O.[CH3-].[Y]. The number of carbonyl (C=O) groups is 2. The molecule has 0 bridgehead atoms. The number of rotatable bonds is 6. The zero-order chi connectivity index (χ0) is 37.1. The van der Waals surface area contributed by atoms with Gasteiger partial charge >= 0.3 is 11.9 Å². The van der Waals surface area contributed by atoms with Gasteiger partial charge in [-0.25, -0.2) is 15.2 Å². The van der Waals surface area contributed by atoms with Crippen molar-refractivity contribution < 1.29 is 52.5 Å². The maximum atomic E-state index is 10.7. The van der Waals surface area contributed by atoms with Gasteiger partial charge in [0.05, 0.1) is 0 Å². The van der Waals surface area contributed by atoms with Gasteiger partial charge < -0.3 is 17.6 Å². The van der Waals surface area contributed by atoms with Crippen LogP contribution in [0, 0.1) is 19.4 Å². The Bertz CT molecular complexity index is 1650. The molecular weight excluding hydrogens is 705 g/mol. The van der Waals surface area contributed by atoms with Gasteiger partial charge in [0.15, 0.2) is 0 Å². The number of hydrogen-bond acceptors (Lipinski definition) is 2. The molecule has 2 N–H and O–H groups in total. The van der Waals surface area contributed by atoms with E-state index in [1.165, 1.54) is 48.4 Å². The number of fused-ring (bicyclic) bond motifs is 2. The zero-order valence-corrected chi connectivity index (χ0v) is 36.9. The summed E-state index contributed by atoms with van der Waals surface area (Å²) in [6, 6.07) is 16.0. The van der Waals surface area contributed by atoms with E-state index in [-0.39, 0.29) is 51.0 Å². The molecule has 4 nitrogen and oxygen atoms in total. The van der Waals surface area contributed by atoms with Gasteiger partial charge in [-0.2, -0.15) is 5.57 Å². The zero-order valence-electron chi connectivity index (χ0n) is 34.0. The minimum atomic E-state index is -0.881. The summed E-state index contributed by atoms with van der Waals surface area (Å²) in [4.78, 5) is 21.2. The molecule has 2 atom stereocenters. The Balaban J connectivity index is 0.000000423. The molecule has 3 aliphatic rings. The van der Waals surface area contributed by atoms with E-state index in [0.717, 1.165) is 16.7 Å². The predicted molar refractivity (Wildman–Crippen MR) is 211 cm³/mol. The Labute approximate surface area is 335 Å². The van der Waals surface area contributed by atoms with Gasteiger partial charge in [0.1, 0.15) is 0 Å². The summed E-state index contributed by atoms with van der Waals surface area (Å²) < 4.78 is 0. The van der Waals surface area contributed by atoms with E-state index < -0.39 is 11.9 Å². The summed E-state index contributed by atoms with van der Waals surface area (Å²) in [5.41, 5.74) is 11.7. The maximum absolute atomic E-state index is 10.7. The standard InChI is InChI=1S/C23H30O2.C13H18.C9H13O2.CH3.Y/c1-15(12-21(24)25)6-7-16-13-18(16)17-8-9-19-20(14-17)23(4,5)11-10-22(19,2)3;1-12(2)9-13(3,4)11-8-6-5-7-10(11)12;1-5-6(2)7(3)8(4)9(10)11;;/h6-9,12,14,16,18H,10-11,13H2,1-5H3,(H,24,25);5-8H,9H2,1-4H3;1-4H3,(H,10,11);1H3;/q;;2*-1;/b7-6+,15-12+;;8-7+;;. The fraction of sp³-hybridized carbons (Fsp3) is 0.500. The molecule has 0 heterocycles. The van der Waals surface area contributed by atoms with E-state index in [4.69, 9.17) is 10.2 Å². The molecule has 0 spiro atoms. The molecular formula is C46H64O4Y-2. The van der Waals surface area contributed by atoms with Crippen LogP contribution in [-0.4, -0.2) is 22.2 Å². The van der Waals surface area contributed by atoms with Crippen molar-refractivity contribution in [3.05, 3.63) is 124 Å². The van der Waals surface area contributed by atoms with Crippen LogP contribution in [0.1, 0.15) is 149 Å². The van der Waals surface area contributed by atoms with E-state index in [1.807, 2.05) is 19.9 Å². The molecule has 277 valence electrons. The maximum Gasteiger partial charge on any atom is 0.328 e. The minimum absolute atomic E-state index is 0. The van der Waals surface area contributed by atoms with Gasteiger partial charge in [0.25, 0.3) is 0 Å². The molecule has 3 aliphatic carbocycles. The predicted octanol–water partition coefficient (Wildman–Crippen LogP) is 12.0. The molecule has 0 aromatic heterocycles.